The van der Waals surface area contributed by atoms with E-state index in [-0.39, 0.29) is 0 Å². The number of ether oxygens (including phenoxy) is 2. The van der Waals surface area contributed by atoms with E-state index in [9.17, 15) is 0 Å². The molecule has 0 bridgehead atoms. The highest BCUT2D eigenvalue weighted by Crippen LogP contribution is 2.27. The van der Waals surface area contributed by atoms with Gasteiger partial charge in [0.2, 0.25) is 0 Å². The minimum Gasteiger partial charge on any atom is -0.493 e. The minimum atomic E-state index is 0.475. The fourth-order valence-electron chi connectivity index (χ4n) is 3.05. The molecule has 2 rings (SSSR count). The van der Waals surface area contributed by atoms with E-state index in [0.717, 1.165) is 17.7 Å². The molecule has 1 saturated carbocycles. The summed E-state index contributed by atoms with van der Waals surface area (Å²) in [6.07, 6.45) is 11.4. The molecule has 26 heavy (non-hydrogen) atoms. The lowest BCUT2D eigenvalue weighted by Gasteiger charge is -2.23. The van der Waals surface area contributed by atoms with Gasteiger partial charge in [0.1, 0.15) is 0 Å². The van der Waals surface area contributed by atoms with E-state index in [1.165, 1.54) is 44.9 Å². The SMILES string of the molecule is CCCCCOc1ccc(/C=N/NC(=S)NC2CCCCC2)cc1OC. The first-order valence-electron chi connectivity index (χ1n) is 9.63. The molecule has 0 aliphatic heterocycles. The van der Waals surface area contributed by atoms with Crippen LogP contribution in [0.2, 0.25) is 0 Å². The quantitative estimate of drug-likeness (QED) is 0.289. The molecule has 1 fully saturated rings. The molecule has 144 valence electrons. The lowest BCUT2D eigenvalue weighted by molar-refractivity contribution is 0.286. The Hall–Kier alpha value is -1.82. The number of thiocarbonyl (C=S) groups is 1. The van der Waals surface area contributed by atoms with Gasteiger partial charge in [-0.15, -0.1) is 0 Å². The lowest BCUT2D eigenvalue weighted by atomic mass is 9.96. The lowest BCUT2D eigenvalue weighted by Crippen LogP contribution is -2.40. The number of hydrogen-bond acceptors (Lipinski definition) is 4. The van der Waals surface area contributed by atoms with Crippen molar-refractivity contribution < 1.29 is 9.47 Å². The van der Waals surface area contributed by atoms with Gasteiger partial charge < -0.3 is 14.8 Å². The van der Waals surface area contributed by atoms with Gasteiger partial charge in [-0.1, -0.05) is 39.0 Å². The van der Waals surface area contributed by atoms with Gasteiger partial charge in [0.25, 0.3) is 0 Å². The zero-order valence-electron chi connectivity index (χ0n) is 15.9. The second-order valence-electron chi connectivity index (χ2n) is 6.64. The number of benzene rings is 1. The summed E-state index contributed by atoms with van der Waals surface area (Å²) in [6.45, 7) is 2.89. The number of unbranched alkanes of at least 4 members (excludes halogenated alkanes) is 2. The normalized spacial score (nSPS) is 15.0. The number of nitrogens with zero attached hydrogens (tertiary/aromatic N) is 1. The topological polar surface area (TPSA) is 54.9 Å². The molecule has 0 spiro atoms. The average Bonchev–Trinajstić information content (AvgIpc) is 2.66. The predicted octanol–water partition coefficient (Wildman–Crippen LogP) is 4.39. The largest absolute Gasteiger partial charge is 0.493 e. The van der Waals surface area contributed by atoms with Crippen LogP contribution in [0.15, 0.2) is 23.3 Å². The maximum absolute atomic E-state index is 5.80. The van der Waals surface area contributed by atoms with Gasteiger partial charge in [-0.2, -0.15) is 5.10 Å². The third-order valence-electron chi connectivity index (χ3n) is 4.51. The fourth-order valence-corrected chi connectivity index (χ4v) is 3.27. The summed E-state index contributed by atoms with van der Waals surface area (Å²) in [5, 5.41) is 8.14. The smallest absolute Gasteiger partial charge is 0.187 e. The maximum Gasteiger partial charge on any atom is 0.187 e. The Morgan fingerprint density at radius 2 is 2.04 bits per heavy atom. The van der Waals surface area contributed by atoms with E-state index in [4.69, 9.17) is 21.7 Å². The Balaban J connectivity index is 1.81. The van der Waals surface area contributed by atoms with E-state index in [1.807, 2.05) is 18.2 Å². The van der Waals surface area contributed by atoms with Crippen molar-refractivity contribution in [2.24, 2.45) is 5.10 Å². The molecule has 0 atom stereocenters. The van der Waals surface area contributed by atoms with Crippen LogP contribution in [0.1, 0.15) is 63.9 Å². The Morgan fingerprint density at radius 1 is 1.23 bits per heavy atom. The van der Waals surface area contributed by atoms with Crippen LogP contribution in [0.25, 0.3) is 0 Å². The Morgan fingerprint density at radius 3 is 2.77 bits per heavy atom. The first-order valence-corrected chi connectivity index (χ1v) is 10.0. The van der Waals surface area contributed by atoms with Crippen LogP contribution in [0.3, 0.4) is 0 Å². The van der Waals surface area contributed by atoms with Crippen molar-refractivity contribution >= 4 is 23.5 Å². The molecule has 2 N–H and O–H groups in total. The molecule has 1 aromatic rings. The standard InChI is InChI=1S/C20H31N3O2S/c1-3-4-8-13-25-18-12-11-16(14-19(18)24-2)15-21-23-20(26)22-17-9-6-5-7-10-17/h11-12,14-15,17H,3-10,13H2,1-2H3,(H2,22,23,26)/b21-15+. The molecular formula is C20H31N3O2S. The number of methoxy groups -OCH3 is 1. The fraction of sp³-hybridized carbons (Fsp3) is 0.600. The summed E-state index contributed by atoms with van der Waals surface area (Å²) in [6, 6.07) is 6.27. The summed E-state index contributed by atoms with van der Waals surface area (Å²) in [5.74, 6) is 1.48. The third-order valence-corrected chi connectivity index (χ3v) is 4.72. The Kier molecular flexibility index (Phi) is 9.24. The molecule has 6 heteroatoms. The molecule has 0 amide bonds. The van der Waals surface area contributed by atoms with Gasteiger partial charge in [-0.3, -0.25) is 5.43 Å². The summed E-state index contributed by atoms with van der Waals surface area (Å²) in [7, 11) is 1.65. The van der Waals surface area contributed by atoms with Crippen molar-refractivity contribution in [2.75, 3.05) is 13.7 Å². The molecule has 1 aromatic carbocycles. The molecule has 1 aliphatic rings. The Labute approximate surface area is 162 Å². The van der Waals surface area contributed by atoms with Gasteiger partial charge in [0, 0.05) is 6.04 Å². The van der Waals surface area contributed by atoms with Crippen LogP contribution < -0.4 is 20.2 Å². The molecule has 1 aliphatic carbocycles. The van der Waals surface area contributed by atoms with Crippen molar-refractivity contribution in [1.82, 2.24) is 10.7 Å². The summed E-state index contributed by atoms with van der Waals surface area (Å²) in [5.41, 5.74) is 3.82. The monoisotopic (exact) mass is 377 g/mol. The summed E-state index contributed by atoms with van der Waals surface area (Å²) >= 11 is 5.31. The van der Waals surface area contributed by atoms with Gasteiger partial charge in [0.05, 0.1) is 19.9 Å². The van der Waals surface area contributed by atoms with Crippen LogP contribution in [0.5, 0.6) is 11.5 Å². The Bertz CT molecular complexity index is 586. The maximum atomic E-state index is 5.80. The van der Waals surface area contributed by atoms with E-state index in [2.05, 4.69) is 22.8 Å². The number of rotatable bonds is 9. The third kappa shape index (κ3) is 7.20. The van der Waals surface area contributed by atoms with E-state index < -0.39 is 0 Å². The van der Waals surface area contributed by atoms with E-state index >= 15 is 0 Å². The van der Waals surface area contributed by atoms with Crippen molar-refractivity contribution in [3.05, 3.63) is 23.8 Å². The van der Waals surface area contributed by atoms with E-state index in [0.29, 0.717) is 23.5 Å². The molecule has 0 aromatic heterocycles. The molecular weight excluding hydrogens is 346 g/mol. The van der Waals surface area contributed by atoms with Crippen molar-refractivity contribution in [2.45, 2.75) is 64.3 Å². The summed E-state index contributed by atoms with van der Waals surface area (Å²) in [4.78, 5) is 0. The van der Waals surface area contributed by atoms with Crippen molar-refractivity contribution in [3.8, 4) is 11.5 Å². The second kappa shape index (κ2) is 11.7. The molecule has 0 radical (unpaired) electrons. The zero-order valence-corrected chi connectivity index (χ0v) is 16.7. The number of hydrazone groups is 1. The van der Waals surface area contributed by atoms with Gasteiger partial charge in [-0.25, -0.2) is 0 Å². The highest BCUT2D eigenvalue weighted by Gasteiger charge is 2.13. The zero-order chi connectivity index (χ0) is 18.6. The van der Waals surface area contributed by atoms with Crippen LogP contribution in [0.4, 0.5) is 0 Å². The predicted molar refractivity (Wildman–Crippen MR) is 111 cm³/mol. The van der Waals surface area contributed by atoms with Crippen molar-refractivity contribution in [3.63, 3.8) is 0 Å². The van der Waals surface area contributed by atoms with Crippen LogP contribution in [0, 0.1) is 0 Å². The average molecular weight is 378 g/mol. The minimum absolute atomic E-state index is 0.475. The van der Waals surface area contributed by atoms with Gasteiger partial charge in [-0.05, 0) is 55.2 Å². The second-order valence-corrected chi connectivity index (χ2v) is 7.05. The highest BCUT2D eigenvalue weighted by atomic mass is 32.1. The molecule has 5 nitrogen and oxygen atoms in total. The van der Waals surface area contributed by atoms with Gasteiger partial charge >= 0.3 is 0 Å². The van der Waals surface area contributed by atoms with E-state index in [1.54, 1.807) is 13.3 Å². The summed E-state index contributed by atoms with van der Waals surface area (Å²) < 4.78 is 11.2. The molecule has 0 heterocycles. The highest BCUT2D eigenvalue weighted by molar-refractivity contribution is 7.80. The molecule has 0 unspecified atom stereocenters. The van der Waals surface area contributed by atoms with Crippen LogP contribution >= 0.6 is 12.2 Å². The first kappa shape index (κ1) is 20.5. The number of hydrogen-bond donors (Lipinski definition) is 2. The number of nitrogens with one attached hydrogen (secondary N) is 2. The van der Waals surface area contributed by atoms with Crippen LogP contribution in [-0.2, 0) is 0 Å². The van der Waals surface area contributed by atoms with Crippen molar-refractivity contribution in [1.29, 1.82) is 0 Å². The van der Waals surface area contributed by atoms with Crippen LogP contribution in [-0.4, -0.2) is 31.1 Å². The first-order chi connectivity index (χ1) is 12.7. The van der Waals surface area contributed by atoms with Gasteiger partial charge in [0.15, 0.2) is 16.6 Å². The molecule has 0 saturated heterocycles.